The molecule has 1 aliphatic heterocycles. The molecule has 0 unspecified atom stereocenters. The van der Waals surface area contributed by atoms with Crippen LogP contribution < -0.4 is 4.74 Å². The zero-order chi connectivity index (χ0) is 27.3. The van der Waals surface area contributed by atoms with Gasteiger partial charge in [0.25, 0.3) is 0 Å². The Kier molecular flexibility index (Phi) is 6.83. The summed E-state index contributed by atoms with van der Waals surface area (Å²) in [6.45, 7) is -3.09. The van der Waals surface area contributed by atoms with Crippen LogP contribution in [0, 0.1) is 0 Å². The lowest BCUT2D eigenvalue weighted by Gasteiger charge is -2.19. The molecule has 2 heterocycles. The number of aromatic nitrogens is 2. The molecule has 204 valence electrons. The van der Waals surface area contributed by atoms with Crippen molar-refractivity contribution in [1.29, 1.82) is 0 Å². The summed E-state index contributed by atoms with van der Waals surface area (Å²) in [7, 11) is -3.29. The molecule has 0 radical (unpaired) electrons. The van der Waals surface area contributed by atoms with E-state index < -0.39 is 28.6 Å². The van der Waals surface area contributed by atoms with Crippen molar-refractivity contribution >= 4 is 32.5 Å². The minimum absolute atomic E-state index is 0.0126. The SMILES string of the molecule is O=S(=O)(c1ccc(-c2ccc3nc4n(c3c2)[C@@H](c2cc(Cl)ccc2OC(F)F)C[C@H]4OCCO)cc1)C1CC1. The van der Waals surface area contributed by atoms with Crippen molar-refractivity contribution in [2.45, 2.75) is 48.2 Å². The standard InChI is InChI=1S/C28H25ClF2N2O5S/c29-18-4-10-25(38-28(30)31)21(14-18)23-15-26(37-12-11-34)27-32-22-9-3-17(13-24(22)33(23)27)16-1-5-19(6-2-16)39(35,36)20-7-8-20/h1-6,9-10,13-14,20,23,26,28,34H,7-8,11-12,15H2/t23-,26-/m1/s1. The third-order valence-electron chi connectivity index (χ3n) is 7.19. The van der Waals surface area contributed by atoms with Crippen LogP contribution in [0.1, 0.15) is 42.8 Å². The van der Waals surface area contributed by atoms with Crippen molar-refractivity contribution in [3.63, 3.8) is 0 Å². The van der Waals surface area contributed by atoms with Gasteiger partial charge in [-0.25, -0.2) is 13.4 Å². The first-order valence-corrected chi connectivity index (χ1v) is 14.5. The van der Waals surface area contributed by atoms with Gasteiger partial charge in [-0.1, -0.05) is 29.8 Å². The normalized spacial score (nSPS) is 19.1. The van der Waals surface area contributed by atoms with Crippen LogP contribution in [0.4, 0.5) is 8.78 Å². The van der Waals surface area contributed by atoms with Crippen molar-refractivity contribution in [2.24, 2.45) is 0 Å². The Balaban J connectivity index is 1.44. The van der Waals surface area contributed by atoms with E-state index in [-0.39, 0.29) is 24.2 Å². The Labute approximate surface area is 228 Å². The lowest BCUT2D eigenvalue weighted by Crippen LogP contribution is -2.11. The molecule has 1 aromatic heterocycles. The van der Waals surface area contributed by atoms with Gasteiger partial charge < -0.3 is 19.1 Å². The summed E-state index contributed by atoms with van der Waals surface area (Å²) in [6, 6.07) is 16.6. The molecule has 1 fully saturated rings. The Morgan fingerprint density at radius 2 is 1.79 bits per heavy atom. The molecule has 6 rings (SSSR count). The lowest BCUT2D eigenvalue weighted by atomic mass is 10.0. The van der Waals surface area contributed by atoms with Crippen LogP contribution in [-0.4, -0.2) is 48.2 Å². The van der Waals surface area contributed by atoms with Gasteiger partial charge in [-0.2, -0.15) is 8.78 Å². The van der Waals surface area contributed by atoms with E-state index in [0.717, 1.165) is 16.6 Å². The van der Waals surface area contributed by atoms with Crippen molar-refractivity contribution in [3.05, 3.63) is 77.1 Å². The summed E-state index contributed by atoms with van der Waals surface area (Å²) < 4.78 is 64.3. The van der Waals surface area contributed by atoms with Gasteiger partial charge in [0.2, 0.25) is 0 Å². The van der Waals surface area contributed by atoms with Gasteiger partial charge in [-0.05, 0) is 66.4 Å². The Hall–Kier alpha value is -3.05. The largest absolute Gasteiger partial charge is 0.434 e. The summed E-state index contributed by atoms with van der Waals surface area (Å²) >= 11 is 6.27. The molecular weight excluding hydrogens is 550 g/mol. The number of aliphatic hydroxyl groups is 1. The number of hydrogen-bond acceptors (Lipinski definition) is 6. The van der Waals surface area contributed by atoms with Crippen molar-refractivity contribution < 1.29 is 31.8 Å². The van der Waals surface area contributed by atoms with E-state index in [1.54, 1.807) is 30.3 Å². The first-order valence-electron chi connectivity index (χ1n) is 12.6. The molecule has 0 spiro atoms. The number of fused-ring (bicyclic) bond motifs is 3. The van der Waals surface area contributed by atoms with Gasteiger partial charge >= 0.3 is 6.61 Å². The van der Waals surface area contributed by atoms with Gasteiger partial charge in [0.15, 0.2) is 9.84 Å². The van der Waals surface area contributed by atoms with Gasteiger partial charge in [-0.3, -0.25) is 0 Å². The summed E-state index contributed by atoms with van der Waals surface area (Å²) in [4.78, 5) is 5.10. The number of alkyl halides is 2. The monoisotopic (exact) mass is 574 g/mol. The molecule has 39 heavy (non-hydrogen) atoms. The maximum atomic E-state index is 13.2. The Bertz CT molecular complexity index is 1640. The fourth-order valence-corrected chi connectivity index (χ4v) is 7.09. The Morgan fingerprint density at radius 3 is 2.49 bits per heavy atom. The number of aliphatic hydroxyl groups excluding tert-OH is 1. The number of nitrogens with zero attached hydrogens (tertiary/aromatic N) is 2. The fourth-order valence-electron chi connectivity index (χ4n) is 5.25. The third-order valence-corrected chi connectivity index (χ3v) is 9.70. The summed E-state index contributed by atoms with van der Waals surface area (Å²) in [5, 5.41) is 9.43. The van der Waals surface area contributed by atoms with Crippen molar-refractivity contribution in [3.8, 4) is 16.9 Å². The number of ether oxygens (including phenoxy) is 2. The highest BCUT2D eigenvalue weighted by molar-refractivity contribution is 7.92. The average molecular weight is 575 g/mol. The molecule has 0 bridgehead atoms. The van der Waals surface area contributed by atoms with E-state index in [2.05, 4.69) is 0 Å². The molecule has 3 aromatic carbocycles. The smallest absolute Gasteiger partial charge is 0.387 e. The van der Waals surface area contributed by atoms with Crippen LogP contribution in [0.5, 0.6) is 5.75 Å². The van der Waals surface area contributed by atoms with E-state index in [9.17, 15) is 22.3 Å². The van der Waals surface area contributed by atoms with Gasteiger partial charge in [0, 0.05) is 17.0 Å². The van der Waals surface area contributed by atoms with Crippen LogP contribution in [0.25, 0.3) is 22.2 Å². The molecule has 2 aliphatic rings. The number of halogens is 3. The van der Waals surface area contributed by atoms with E-state index in [1.165, 1.54) is 12.1 Å². The molecule has 2 atom stereocenters. The van der Waals surface area contributed by atoms with E-state index in [4.69, 9.17) is 26.1 Å². The third kappa shape index (κ3) is 4.91. The molecule has 4 aromatic rings. The quantitative estimate of drug-likeness (QED) is 0.266. The molecule has 0 amide bonds. The topological polar surface area (TPSA) is 90.7 Å². The fraction of sp³-hybridized carbons (Fsp3) is 0.321. The summed E-state index contributed by atoms with van der Waals surface area (Å²) in [5.74, 6) is 0.619. The molecule has 1 aliphatic carbocycles. The van der Waals surface area contributed by atoms with Crippen LogP contribution in [0.3, 0.4) is 0 Å². The highest BCUT2D eigenvalue weighted by Crippen LogP contribution is 2.46. The number of imidazole rings is 1. The van der Waals surface area contributed by atoms with Crippen molar-refractivity contribution in [2.75, 3.05) is 13.2 Å². The van der Waals surface area contributed by atoms with Crippen LogP contribution in [-0.2, 0) is 14.6 Å². The second-order valence-electron chi connectivity index (χ2n) is 9.71. The maximum Gasteiger partial charge on any atom is 0.387 e. The first-order chi connectivity index (χ1) is 18.8. The zero-order valence-corrected chi connectivity index (χ0v) is 22.2. The van der Waals surface area contributed by atoms with Crippen LogP contribution in [0.15, 0.2) is 65.6 Å². The van der Waals surface area contributed by atoms with E-state index >= 15 is 0 Å². The minimum atomic E-state index is -3.29. The molecule has 0 saturated heterocycles. The number of hydrogen-bond donors (Lipinski definition) is 1. The first kappa shape index (κ1) is 26.2. The second-order valence-corrected chi connectivity index (χ2v) is 12.4. The van der Waals surface area contributed by atoms with Crippen molar-refractivity contribution in [1.82, 2.24) is 9.55 Å². The minimum Gasteiger partial charge on any atom is -0.434 e. The van der Waals surface area contributed by atoms with Crippen LogP contribution in [0.2, 0.25) is 5.02 Å². The molecular formula is C28H25ClF2N2O5S. The van der Waals surface area contributed by atoms with E-state index in [1.807, 2.05) is 22.8 Å². The van der Waals surface area contributed by atoms with Gasteiger partial charge in [-0.15, -0.1) is 0 Å². The average Bonchev–Trinajstić information content (AvgIpc) is 3.64. The molecule has 7 nitrogen and oxygen atoms in total. The zero-order valence-electron chi connectivity index (χ0n) is 20.6. The van der Waals surface area contributed by atoms with Gasteiger partial charge in [0.1, 0.15) is 17.7 Å². The molecule has 1 saturated carbocycles. The van der Waals surface area contributed by atoms with Gasteiger partial charge in [0.05, 0.1) is 40.4 Å². The summed E-state index contributed by atoms with van der Waals surface area (Å²) in [5.41, 5.74) is 3.57. The molecule has 1 N–H and O–H groups in total. The summed E-state index contributed by atoms with van der Waals surface area (Å²) in [6.07, 6.45) is 1.31. The highest BCUT2D eigenvalue weighted by atomic mass is 35.5. The predicted molar refractivity (Wildman–Crippen MR) is 142 cm³/mol. The Morgan fingerprint density at radius 1 is 1.05 bits per heavy atom. The molecule has 11 heteroatoms. The lowest BCUT2D eigenvalue weighted by molar-refractivity contribution is -0.0507. The predicted octanol–water partition coefficient (Wildman–Crippen LogP) is 5.94. The maximum absolute atomic E-state index is 13.2. The number of sulfone groups is 1. The second kappa shape index (κ2) is 10.2. The number of rotatable bonds is 9. The van der Waals surface area contributed by atoms with E-state index in [0.29, 0.717) is 46.1 Å². The number of benzene rings is 3. The van der Waals surface area contributed by atoms with Crippen LogP contribution >= 0.6 is 11.6 Å². The highest BCUT2D eigenvalue weighted by Gasteiger charge is 2.38.